The Bertz CT molecular complexity index is 1050. The topological polar surface area (TPSA) is 76.0 Å². The molecule has 3 rings (SSSR count). The second-order valence-electron chi connectivity index (χ2n) is 6.46. The maximum Gasteiger partial charge on any atom is 0.256 e. The molecule has 150 valence electrons. The Labute approximate surface area is 178 Å². The first-order chi connectivity index (χ1) is 13.9. The molecule has 3 aromatic rings. The van der Waals surface area contributed by atoms with Crippen LogP contribution in [0.2, 0.25) is 10.2 Å². The summed E-state index contributed by atoms with van der Waals surface area (Å²) in [5.74, 6) is -0.470. The van der Waals surface area contributed by atoms with Gasteiger partial charge in [-0.3, -0.25) is 9.59 Å². The first kappa shape index (κ1) is 20.9. The van der Waals surface area contributed by atoms with E-state index in [1.165, 1.54) is 0 Å². The Hall–Kier alpha value is -2.83. The molecule has 0 bridgehead atoms. The number of benzene rings is 2. The highest BCUT2D eigenvalue weighted by atomic mass is 35.5. The molecular weight excluding hydrogens is 411 g/mol. The van der Waals surface area contributed by atoms with Gasteiger partial charge in [-0.1, -0.05) is 53.5 Å². The lowest BCUT2D eigenvalue weighted by molar-refractivity contribution is 0.0945. The zero-order valence-corrected chi connectivity index (χ0v) is 17.5. The second kappa shape index (κ2) is 9.11. The SMILES string of the molecule is CNC(=O)c1ccc(CNC(=O)c2c(C)nn(Cc3ccccc3Cl)c2Cl)cc1. The number of carbonyl (C=O) groups is 2. The Kier molecular flexibility index (Phi) is 6.56. The lowest BCUT2D eigenvalue weighted by Crippen LogP contribution is -2.23. The molecule has 0 aliphatic carbocycles. The Morgan fingerprint density at radius 3 is 2.38 bits per heavy atom. The van der Waals surface area contributed by atoms with E-state index >= 15 is 0 Å². The summed E-state index contributed by atoms with van der Waals surface area (Å²) in [5, 5.41) is 10.7. The average molecular weight is 431 g/mol. The van der Waals surface area contributed by atoms with Crippen molar-refractivity contribution in [2.45, 2.75) is 20.0 Å². The van der Waals surface area contributed by atoms with Gasteiger partial charge in [0.25, 0.3) is 11.8 Å². The molecule has 29 heavy (non-hydrogen) atoms. The molecular formula is C21H20Cl2N4O2. The van der Waals surface area contributed by atoms with Crippen LogP contribution in [0.15, 0.2) is 48.5 Å². The smallest absolute Gasteiger partial charge is 0.256 e. The minimum atomic E-state index is -0.312. The first-order valence-corrected chi connectivity index (χ1v) is 9.71. The molecule has 8 heteroatoms. The number of rotatable bonds is 6. The number of nitrogens with zero attached hydrogens (tertiary/aromatic N) is 2. The normalized spacial score (nSPS) is 10.6. The number of hydrogen-bond acceptors (Lipinski definition) is 3. The molecule has 0 spiro atoms. The van der Waals surface area contributed by atoms with Crippen LogP contribution in [0.5, 0.6) is 0 Å². The van der Waals surface area contributed by atoms with Gasteiger partial charge in [0.15, 0.2) is 0 Å². The lowest BCUT2D eigenvalue weighted by atomic mass is 10.1. The Morgan fingerprint density at radius 1 is 1.03 bits per heavy atom. The average Bonchev–Trinajstić information content (AvgIpc) is 3.00. The van der Waals surface area contributed by atoms with E-state index in [1.807, 2.05) is 18.2 Å². The largest absolute Gasteiger partial charge is 0.355 e. The molecule has 0 saturated carbocycles. The zero-order valence-electron chi connectivity index (χ0n) is 16.0. The van der Waals surface area contributed by atoms with E-state index in [9.17, 15) is 9.59 Å². The molecule has 0 atom stereocenters. The fourth-order valence-corrected chi connectivity index (χ4v) is 3.41. The summed E-state index contributed by atoms with van der Waals surface area (Å²) in [6, 6.07) is 14.4. The third-order valence-corrected chi connectivity index (χ3v) is 5.22. The maximum atomic E-state index is 12.7. The summed E-state index contributed by atoms with van der Waals surface area (Å²) >= 11 is 12.6. The minimum absolute atomic E-state index is 0.158. The Balaban J connectivity index is 1.70. The van der Waals surface area contributed by atoms with Gasteiger partial charge in [-0.05, 0) is 36.2 Å². The molecule has 2 N–H and O–H groups in total. The van der Waals surface area contributed by atoms with Crippen molar-refractivity contribution in [1.29, 1.82) is 0 Å². The molecule has 1 heterocycles. The van der Waals surface area contributed by atoms with Gasteiger partial charge in [-0.25, -0.2) is 4.68 Å². The van der Waals surface area contributed by atoms with Crippen molar-refractivity contribution in [2.75, 3.05) is 7.05 Å². The van der Waals surface area contributed by atoms with E-state index in [1.54, 1.807) is 49.0 Å². The van der Waals surface area contributed by atoms with Gasteiger partial charge in [0.1, 0.15) is 5.15 Å². The number of aromatic nitrogens is 2. The molecule has 1 aromatic heterocycles. The van der Waals surface area contributed by atoms with Crippen molar-refractivity contribution >= 4 is 35.0 Å². The van der Waals surface area contributed by atoms with Crippen LogP contribution >= 0.6 is 23.2 Å². The van der Waals surface area contributed by atoms with Gasteiger partial charge >= 0.3 is 0 Å². The van der Waals surface area contributed by atoms with Crippen molar-refractivity contribution in [3.05, 3.63) is 86.7 Å². The van der Waals surface area contributed by atoms with Gasteiger partial charge in [-0.15, -0.1) is 0 Å². The lowest BCUT2D eigenvalue weighted by Gasteiger charge is -2.07. The van der Waals surface area contributed by atoms with Crippen LogP contribution in [-0.4, -0.2) is 28.6 Å². The maximum absolute atomic E-state index is 12.7. The molecule has 0 saturated heterocycles. The third-order valence-electron chi connectivity index (χ3n) is 4.47. The van der Waals surface area contributed by atoms with Gasteiger partial charge < -0.3 is 10.6 Å². The number of carbonyl (C=O) groups excluding carboxylic acids is 2. The summed E-state index contributed by atoms with van der Waals surface area (Å²) in [7, 11) is 1.58. The number of amides is 2. The molecule has 0 aliphatic rings. The summed E-state index contributed by atoms with van der Waals surface area (Å²) in [5.41, 5.74) is 3.16. The van der Waals surface area contributed by atoms with Gasteiger partial charge in [-0.2, -0.15) is 5.10 Å². The van der Waals surface area contributed by atoms with E-state index in [2.05, 4.69) is 15.7 Å². The van der Waals surface area contributed by atoms with E-state index in [4.69, 9.17) is 23.2 Å². The van der Waals surface area contributed by atoms with Crippen molar-refractivity contribution in [3.8, 4) is 0 Å². The monoisotopic (exact) mass is 430 g/mol. The highest BCUT2D eigenvalue weighted by Gasteiger charge is 2.20. The predicted octanol–water partition coefficient (Wildman–Crippen LogP) is 3.84. The van der Waals surface area contributed by atoms with E-state index in [-0.39, 0.29) is 17.0 Å². The van der Waals surface area contributed by atoms with Crippen LogP contribution in [-0.2, 0) is 13.1 Å². The molecule has 0 radical (unpaired) electrons. The number of halogens is 2. The molecule has 0 unspecified atom stereocenters. The minimum Gasteiger partial charge on any atom is -0.355 e. The van der Waals surface area contributed by atoms with Crippen molar-refractivity contribution in [3.63, 3.8) is 0 Å². The predicted molar refractivity (Wildman–Crippen MR) is 114 cm³/mol. The second-order valence-corrected chi connectivity index (χ2v) is 7.22. The summed E-state index contributed by atoms with van der Waals surface area (Å²) < 4.78 is 1.56. The van der Waals surface area contributed by atoms with E-state index in [0.717, 1.165) is 11.1 Å². The van der Waals surface area contributed by atoms with Crippen molar-refractivity contribution in [1.82, 2.24) is 20.4 Å². The highest BCUT2D eigenvalue weighted by molar-refractivity contribution is 6.33. The zero-order chi connectivity index (χ0) is 21.0. The fourth-order valence-electron chi connectivity index (χ4n) is 2.89. The number of hydrogen-bond donors (Lipinski definition) is 2. The van der Waals surface area contributed by atoms with Gasteiger partial charge in [0, 0.05) is 24.2 Å². The van der Waals surface area contributed by atoms with Crippen LogP contribution in [0.3, 0.4) is 0 Å². The van der Waals surface area contributed by atoms with Crippen LogP contribution in [0.25, 0.3) is 0 Å². The van der Waals surface area contributed by atoms with Gasteiger partial charge in [0.05, 0.1) is 17.8 Å². The van der Waals surface area contributed by atoms with Crippen LogP contribution in [0.4, 0.5) is 0 Å². The summed E-state index contributed by atoms with van der Waals surface area (Å²) in [6.45, 7) is 2.41. The van der Waals surface area contributed by atoms with E-state index < -0.39 is 0 Å². The van der Waals surface area contributed by atoms with Crippen molar-refractivity contribution < 1.29 is 9.59 Å². The quantitative estimate of drug-likeness (QED) is 0.623. The standard InChI is InChI=1S/C21H20Cl2N4O2/c1-13-18(19(23)27(26-13)12-16-5-3-4-6-17(16)22)21(29)25-11-14-7-9-15(10-8-14)20(28)24-2/h3-10H,11-12H2,1-2H3,(H,24,28)(H,25,29). The summed E-state index contributed by atoms with van der Waals surface area (Å²) in [6.07, 6.45) is 0. The summed E-state index contributed by atoms with van der Waals surface area (Å²) in [4.78, 5) is 24.3. The van der Waals surface area contributed by atoms with Gasteiger partial charge in [0.2, 0.25) is 0 Å². The molecule has 6 nitrogen and oxygen atoms in total. The molecule has 2 amide bonds. The highest BCUT2D eigenvalue weighted by Crippen LogP contribution is 2.23. The van der Waals surface area contributed by atoms with E-state index in [0.29, 0.717) is 34.9 Å². The number of nitrogens with one attached hydrogen (secondary N) is 2. The molecule has 0 fully saturated rings. The van der Waals surface area contributed by atoms with Crippen LogP contribution in [0.1, 0.15) is 37.5 Å². The Morgan fingerprint density at radius 2 is 1.72 bits per heavy atom. The fraction of sp³-hybridized carbons (Fsp3) is 0.190. The molecule has 0 aliphatic heterocycles. The van der Waals surface area contributed by atoms with Crippen molar-refractivity contribution in [2.24, 2.45) is 0 Å². The first-order valence-electron chi connectivity index (χ1n) is 8.96. The van der Waals surface area contributed by atoms with Crippen LogP contribution in [0, 0.1) is 6.92 Å². The number of aryl methyl sites for hydroxylation is 1. The molecule has 2 aromatic carbocycles. The van der Waals surface area contributed by atoms with Crippen LogP contribution < -0.4 is 10.6 Å². The third kappa shape index (κ3) is 4.78.